The van der Waals surface area contributed by atoms with Crippen LogP contribution in [-0.2, 0) is 11.2 Å². The minimum atomic E-state index is -0.239. The molecule has 2 N–H and O–H groups in total. The Kier molecular flexibility index (Phi) is 4.17. The van der Waals surface area contributed by atoms with E-state index in [1.165, 1.54) is 24.1 Å². The lowest BCUT2D eigenvalue weighted by Gasteiger charge is -2.32. The van der Waals surface area contributed by atoms with E-state index in [9.17, 15) is 4.79 Å². The summed E-state index contributed by atoms with van der Waals surface area (Å²) in [5, 5.41) is 0.939. The van der Waals surface area contributed by atoms with Gasteiger partial charge in [0.1, 0.15) is 10.8 Å². The molecule has 0 amide bonds. The van der Waals surface area contributed by atoms with Crippen molar-refractivity contribution >= 4 is 17.1 Å². The Balaban J connectivity index is 1.92. The van der Waals surface area contributed by atoms with Crippen LogP contribution in [0.25, 0.3) is 0 Å². The molecule has 0 atom stereocenters. The summed E-state index contributed by atoms with van der Waals surface area (Å²) in [5.74, 6) is 0.244. The largest absolute Gasteiger partial charge is 0.325 e. The molecule has 1 aliphatic rings. The number of aromatic nitrogens is 1. The van der Waals surface area contributed by atoms with Crippen LogP contribution in [0, 0.1) is 13.8 Å². The fraction of sp³-hybridized carbons (Fsp3) is 0.714. The second kappa shape index (κ2) is 5.49. The van der Waals surface area contributed by atoms with Gasteiger partial charge in [-0.2, -0.15) is 0 Å². The topological polar surface area (TPSA) is 56.0 Å². The molecule has 1 aromatic heterocycles. The van der Waals surface area contributed by atoms with Crippen molar-refractivity contribution in [2.24, 2.45) is 5.73 Å². The molecule has 0 radical (unpaired) electrons. The van der Waals surface area contributed by atoms with Crippen LogP contribution in [0.4, 0.5) is 0 Å². The number of thiazole rings is 1. The maximum atomic E-state index is 12.1. The Hall–Kier alpha value is -0.740. The maximum Gasteiger partial charge on any atom is 0.141 e. The molecule has 1 saturated carbocycles. The monoisotopic (exact) mass is 266 g/mol. The Morgan fingerprint density at radius 1 is 1.33 bits per heavy atom. The van der Waals surface area contributed by atoms with Gasteiger partial charge in [0.05, 0.1) is 12.1 Å². The van der Waals surface area contributed by atoms with Gasteiger partial charge >= 0.3 is 0 Å². The van der Waals surface area contributed by atoms with E-state index in [4.69, 9.17) is 5.73 Å². The number of nitrogens with two attached hydrogens (primary N) is 1. The molecule has 0 spiro atoms. The molecule has 3 nitrogen and oxygen atoms in total. The average molecular weight is 266 g/mol. The molecule has 100 valence electrons. The third-order valence-electron chi connectivity index (χ3n) is 3.82. The van der Waals surface area contributed by atoms with Crippen LogP contribution in [0.3, 0.4) is 0 Å². The molecular weight excluding hydrogens is 244 g/mol. The van der Waals surface area contributed by atoms with Crippen LogP contribution in [0.2, 0.25) is 0 Å². The molecule has 2 rings (SSSR count). The minimum Gasteiger partial charge on any atom is -0.325 e. The summed E-state index contributed by atoms with van der Waals surface area (Å²) < 4.78 is 0. The summed E-state index contributed by atoms with van der Waals surface area (Å²) in [4.78, 5) is 17.7. The van der Waals surface area contributed by atoms with Crippen LogP contribution in [-0.4, -0.2) is 16.3 Å². The van der Waals surface area contributed by atoms with Gasteiger partial charge in [-0.05, 0) is 26.7 Å². The molecule has 0 unspecified atom stereocenters. The molecule has 0 aliphatic heterocycles. The zero-order valence-corrected chi connectivity index (χ0v) is 12.1. The Labute approximate surface area is 113 Å². The number of carbonyl (C=O) groups excluding carboxylic acids is 1. The van der Waals surface area contributed by atoms with Crippen molar-refractivity contribution in [1.29, 1.82) is 0 Å². The molecule has 0 bridgehead atoms. The normalized spacial score (nSPS) is 18.8. The van der Waals surface area contributed by atoms with Gasteiger partial charge in [-0.25, -0.2) is 4.98 Å². The lowest BCUT2D eigenvalue weighted by atomic mass is 9.79. The zero-order chi connectivity index (χ0) is 13.2. The van der Waals surface area contributed by atoms with Crippen LogP contribution < -0.4 is 5.73 Å². The van der Waals surface area contributed by atoms with Gasteiger partial charge in [-0.3, -0.25) is 4.79 Å². The summed E-state index contributed by atoms with van der Waals surface area (Å²) in [7, 11) is 0. The molecule has 0 saturated heterocycles. The smallest absolute Gasteiger partial charge is 0.141 e. The van der Waals surface area contributed by atoms with Gasteiger partial charge < -0.3 is 5.73 Å². The van der Waals surface area contributed by atoms with Gasteiger partial charge in [0.15, 0.2) is 0 Å². The maximum absolute atomic E-state index is 12.1. The Morgan fingerprint density at radius 2 is 2.00 bits per heavy atom. The summed E-state index contributed by atoms with van der Waals surface area (Å²) in [6.07, 6.45) is 6.56. The van der Waals surface area contributed by atoms with E-state index in [0.29, 0.717) is 12.8 Å². The highest BCUT2D eigenvalue weighted by molar-refractivity contribution is 7.11. The lowest BCUT2D eigenvalue weighted by molar-refractivity contribution is -0.119. The van der Waals surface area contributed by atoms with Gasteiger partial charge in [0.25, 0.3) is 0 Å². The SMILES string of the molecule is Cc1nc(CC(=O)CC2(N)CCCCC2)sc1C. The Morgan fingerprint density at radius 3 is 2.56 bits per heavy atom. The van der Waals surface area contributed by atoms with Crippen molar-refractivity contribution in [2.45, 2.75) is 64.3 Å². The average Bonchev–Trinajstić information content (AvgIpc) is 2.57. The third-order valence-corrected chi connectivity index (χ3v) is 4.89. The minimum absolute atomic E-state index is 0.239. The second-order valence-corrected chi connectivity index (χ2v) is 6.85. The molecule has 18 heavy (non-hydrogen) atoms. The first kappa shape index (κ1) is 13.7. The molecule has 0 aromatic carbocycles. The van der Waals surface area contributed by atoms with E-state index >= 15 is 0 Å². The fourth-order valence-electron chi connectivity index (χ4n) is 2.67. The molecule has 1 aromatic rings. The molecular formula is C14H22N2OS. The number of Topliss-reactive ketones (excluding diaryl/α,β-unsaturated/α-hetero) is 1. The quantitative estimate of drug-likeness (QED) is 0.911. The zero-order valence-electron chi connectivity index (χ0n) is 11.3. The van der Waals surface area contributed by atoms with Crippen LogP contribution in [0.15, 0.2) is 0 Å². The van der Waals surface area contributed by atoms with Crippen molar-refractivity contribution in [3.8, 4) is 0 Å². The number of hydrogen-bond donors (Lipinski definition) is 1. The molecule has 1 heterocycles. The molecule has 4 heteroatoms. The highest BCUT2D eigenvalue weighted by Crippen LogP contribution is 2.29. The van der Waals surface area contributed by atoms with E-state index in [2.05, 4.69) is 4.98 Å². The fourth-order valence-corrected chi connectivity index (χ4v) is 3.63. The first-order valence-corrected chi connectivity index (χ1v) is 7.54. The van der Waals surface area contributed by atoms with Crippen molar-refractivity contribution in [3.05, 3.63) is 15.6 Å². The summed E-state index contributed by atoms with van der Waals surface area (Å²) in [6.45, 7) is 4.04. The number of hydrogen-bond acceptors (Lipinski definition) is 4. The molecule has 1 fully saturated rings. The Bertz CT molecular complexity index is 414. The highest BCUT2D eigenvalue weighted by atomic mass is 32.1. The van der Waals surface area contributed by atoms with Gasteiger partial charge in [0.2, 0.25) is 0 Å². The van der Waals surface area contributed by atoms with Crippen molar-refractivity contribution < 1.29 is 4.79 Å². The summed E-state index contributed by atoms with van der Waals surface area (Å²) >= 11 is 1.63. The first-order chi connectivity index (χ1) is 8.48. The third kappa shape index (κ3) is 3.39. The number of aryl methyl sites for hydroxylation is 2. The second-order valence-electron chi connectivity index (χ2n) is 5.56. The summed E-state index contributed by atoms with van der Waals surface area (Å²) in [6, 6.07) is 0. The van der Waals surface area contributed by atoms with Crippen molar-refractivity contribution in [1.82, 2.24) is 4.98 Å². The van der Waals surface area contributed by atoms with Crippen LogP contribution in [0.1, 0.15) is 54.1 Å². The summed E-state index contributed by atoms with van der Waals surface area (Å²) in [5.41, 5.74) is 7.12. The predicted octanol–water partition coefficient (Wildman–Crippen LogP) is 2.92. The number of carbonyl (C=O) groups is 1. The van der Waals surface area contributed by atoms with Crippen molar-refractivity contribution in [2.75, 3.05) is 0 Å². The van der Waals surface area contributed by atoms with E-state index in [0.717, 1.165) is 23.5 Å². The van der Waals surface area contributed by atoms with Gasteiger partial charge in [0, 0.05) is 16.8 Å². The van der Waals surface area contributed by atoms with E-state index in [1.807, 2.05) is 13.8 Å². The van der Waals surface area contributed by atoms with Crippen LogP contribution in [0.5, 0.6) is 0 Å². The van der Waals surface area contributed by atoms with Crippen LogP contribution >= 0.6 is 11.3 Å². The van der Waals surface area contributed by atoms with E-state index < -0.39 is 0 Å². The number of nitrogens with zero attached hydrogens (tertiary/aromatic N) is 1. The van der Waals surface area contributed by atoms with Crippen molar-refractivity contribution in [3.63, 3.8) is 0 Å². The van der Waals surface area contributed by atoms with Gasteiger partial charge in [-0.15, -0.1) is 11.3 Å². The number of rotatable bonds is 4. The van der Waals surface area contributed by atoms with E-state index in [-0.39, 0.29) is 11.3 Å². The lowest BCUT2D eigenvalue weighted by Crippen LogP contribution is -2.43. The molecule has 1 aliphatic carbocycles. The van der Waals surface area contributed by atoms with Gasteiger partial charge in [-0.1, -0.05) is 19.3 Å². The first-order valence-electron chi connectivity index (χ1n) is 6.72. The standard InChI is InChI=1S/C14H22N2OS/c1-10-11(2)18-13(16-10)8-12(17)9-14(15)6-4-3-5-7-14/h3-9,15H2,1-2H3. The highest BCUT2D eigenvalue weighted by Gasteiger charge is 2.30. The van der Waals surface area contributed by atoms with E-state index in [1.54, 1.807) is 11.3 Å². The number of ketones is 1. The predicted molar refractivity (Wildman–Crippen MR) is 74.9 cm³/mol.